The molecule has 1 atom stereocenters. The van der Waals surface area contributed by atoms with Gasteiger partial charge in [-0.1, -0.05) is 148 Å². The van der Waals surface area contributed by atoms with Gasteiger partial charge in [-0.25, -0.2) is 0 Å². The molecule has 0 spiro atoms. The van der Waals surface area contributed by atoms with Crippen LogP contribution < -0.4 is 43.3 Å². The Kier molecular flexibility index (Phi) is 11.7. The quantitative estimate of drug-likeness (QED) is 0.135. The maximum atomic E-state index is 7.40. The molecule has 0 saturated carbocycles. The van der Waals surface area contributed by atoms with Crippen molar-refractivity contribution < 1.29 is 21.4 Å². The lowest BCUT2D eigenvalue weighted by atomic mass is 9.82. The zero-order valence-electron chi connectivity index (χ0n) is 28.7. The predicted octanol–water partition coefficient (Wildman–Crippen LogP) is 5.44. The lowest BCUT2D eigenvalue weighted by Gasteiger charge is -2.36. The van der Waals surface area contributed by atoms with E-state index in [2.05, 4.69) is 198 Å². The van der Waals surface area contributed by atoms with Crippen molar-refractivity contribution in [1.82, 2.24) is 0 Å². The van der Waals surface area contributed by atoms with E-state index in [1.165, 1.54) is 48.5 Å². The second-order valence-corrected chi connectivity index (χ2v) is 19.5. The topological polar surface area (TPSA) is 9.23 Å². The Hall–Kier alpha value is -3.59. The van der Waals surface area contributed by atoms with E-state index in [0.717, 1.165) is 6.16 Å². The average Bonchev–Trinajstić information content (AvgIpc) is 3.10. The summed E-state index contributed by atoms with van der Waals surface area (Å²) in [5.74, 6) is 0. The lowest BCUT2D eigenvalue weighted by Crippen LogP contribution is -3.00. The van der Waals surface area contributed by atoms with Gasteiger partial charge < -0.3 is 21.4 Å². The van der Waals surface area contributed by atoms with Crippen LogP contribution in [-0.4, -0.2) is 9.04 Å². The Morgan fingerprint density at radius 2 is 0.917 bits per heavy atom. The molecule has 6 aromatic rings. The van der Waals surface area contributed by atoms with Crippen molar-refractivity contribution in [2.45, 2.75) is 46.9 Å². The minimum absolute atomic E-state index is 0. The number of hydrogen-bond donors (Lipinski definition) is 0. The molecule has 0 bridgehead atoms. The molecule has 0 radical (unpaired) electrons. The second kappa shape index (κ2) is 15.7. The molecule has 6 rings (SSSR count). The van der Waals surface area contributed by atoms with Crippen LogP contribution in [0.5, 0.6) is 0 Å². The van der Waals surface area contributed by atoms with Crippen molar-refractivity contribution >= 4 is 42.6 Å². The number of benzene rings is 6. The molecule has 6 aromatic carbocycles. The molecule has 0 aliphatic carbocycles. The highest BCUT2D eigenvalue weighted by Gasteiger charge is 2.46. The largest absolute Gasteiger partial charge is 1.00 e. The SMILES string of the molecule is Cc1cc(C(O[SiH](c2ccccc2)c2ccccc2)C(C)(C)C)c(C)cc1C[P+](c1ccccc1)(c1ccccc1)c1ccccc1.[Br-]. The summed E-state index contributed by atoms with van der Waals surface area (Å²) in [5, 5.41) is 6.85. The van der Waals surface area contributed by atoms with Gasteiger partial charge in [0, 0.05) is 0 Å². The molecular weight excluding hydrogens is 683 g/mol. The Morgan fingerprint density at radius 1 is 0.542 bits per heavy atom. The van der Waals surface area contributed by atoms with Crippen molar-refractivity contribution in [3.05, 3.63) is 186 Å². The van der Waals surface area contributed by atoms with Gasteiger partial charge in [0.25, 0.3) is 0 Å². The highest BCUT2D eigenvalue weighted by molar-refractivity contribution is 7.95. The number of hydrogen-bond acceptors (Lipinski definition) is 1. The van der Waals surface area contributed by atoms with Crippen molar-refractivity contribution in [2.75, 3.05) is 0 Å². The first-order chi connectivity index (χ1) is 22.8. The third kappa shape index (κ3) is 7.66. The van der Waals surface area contributed by atoms with Crippen LogP contribution in [0.3, 0.4) is 0 Å². The first-order valence-corrected chi connectivity index (χ1v) is 20.3. The van der Waals surface area contributed by atoms with Gasteiger partial charge in [0.05, 0.1) is 12.3 Å². The Morgan fingerprint density at radius 3 is 1.29 bits per heavy atom. The number of rotatable bonds is 10. The summed E-state index contributed by atoms with van der Waals surface area (Å²) in [6.07, 6.45) is 0.911. The fourth-order valence-corrected chi connectivity index (χ4v) is 13.9. The first-order valence-electron chi connectivity index (χ1n) is 16.7. The van der Waals surface area contributed by atoms with Crippen molar-refractivity contribution in [2.24, 2.45) is 5.41 Å². The van der Waals surface area contributed by atoms with Crippen LogP contribution in [0.15, 0.2) is 164 Å². The standard InChI is InChI=1S/C44H46OPSi.BrH/c1-34-32-42(43(44(3,4)5)45-47(40-27-17-9-18-28-40)41-29-19-10-20-30-41)35(2)31-36(34)33-46(37-21-11-6-12-22-37,38-23-13-7-14-24-38)39-25-15-8-16-26-39;/h6-32,43,47H,33H2,1-5H3;1H/q+1;/p-1. The van der Waals surface area contributed by atoms with Gasteiger partial charge in [0.15, 0.2) is 0 Å². The summed E-state index contributed by atoms with van der Waals surface area (Å²) in [6.45, 7) is 11.5. The van der Waals surface area contributed by atoms with E-state index in [-0.39, 0.29) is 28.5 Å². The molecule has 0 aromatic heterocycles. The second-order valence-electron chi connectivity index (χ2n) is 13.7. The molecular formula is C44H46BrOPSi. The summed E-state index contributed by atoms with van der Waals surface area (Å²) >= 11 is 0. The zero-order valence-corrected chi connectivity index (χ0v) is 32.3. The van der Waals surface area contributed by atoms with E-state index in [9.17, 15) is 0 Å². The molecule has 1 unspecified atom stereocenters. The Bertz CT molecular complexity index is 1740. The van der Waals surface area contributed by atoms with E-state index in [1.807, 2.05) is 0 Å². The predicted molar refractivity (Wildman–Crippen MR) is 207 cm³/mol. The third-order valence-electron chi connectivity index (χ3n) is 9.27. The molecule has 244 valence electrons. The fraction of sp³-hybridized carbons (Fsp3) is 0.182. The fourth-order valence-electron chi connectivity index (χ4n) is 6.86. The van der Waals surface area contributed by atoms with Gasteiger partial charge in [0.2, 0.25) is 9.04 Å². The first kappa shape index (κ1) is 35.7. The molecule has 0 heterocycles. The zero-order chi connectivity index (χ0) is 32.9. The maximum absolute atomic E-state index is 7.40. The summed E-state index contributed by atoms with van der Waals surface area (Å²) < 4.78 is 7.40. The van der Waals surface area contributed by atoms with Crippen molar-refractivity contribution in [3.63, 3.8) is 0 Å². The van der Waals surface area contributed by atoms with Gasteiger partial charge in [-0.05, 0) is 88.3 Å². The van der Waals surface area contributed by atoms with Gasteiger partial charge in [-0.2, -0.15) is 0 Å². The molecule has 4 heteroatoms. The monoisotopic (exact) mass is 728 g/mol. The molecule has 48 heavy (non-hydrogen) atoms. The van der Waals surface area contributed by atoms with Crippen molar-refractivity contribution in [1.29, 1.82) is 0 Å². The maximum Gasteiger partial charge on any atom is 0.240 e. The van der Waals surface area contributed by atoms with Gasteiger partial charge >= 0.3 is 0 Å². The summed E-state index contributed by atoms with van der Waals surface area (Å²) in [4.78, 5) is 0. The van der Waals surface area contributed by atoms with E-state index in [1.54, 1.807) is 0 Å². The summed E-state index contributed by atoms with van der Waals surface area (Å²) in [6, 6.07) is 60.2. The van der Waals surface area contributed by atoms with E-state index < -0.39 is 16.3 Å². The number of aryl methyl sites for hydroxylation is 2. The molecule has 0 N–H and O–H groups in total. The van der Waals surface area contributed by atoms with Crippen LogP contribution in [0.1, 0.15) is 49.1 Å². The van der Waals surface area contributed by atoms with Gasteiger partial charge in [-0.15, -0.1) is 0 Å². The highest BCUT2D eigenvalue weighted by Crippen LogP contribution is 2.58. The molecule has 1 nitrogen and oxygen atoms in total. The van der Waals surface area contributed by atoms with Crippen LogP contribution in [0, 0.1) is 19.3 Å². The van der Waals surface area contributed by atoms with Crippen LogP contribution >= 0.6 is 7.26 Å². The molecule has 0 fully saturated rings. The Balaban J connectivity index is 0.00000451. The summed E-state index contributed by atoms with van der Waals surface area (Å²) in [7, 11) is -4.00. The van der Waals surface area contributed by atoms with Crippen molar-refractivity contribution in [3.8, 4) is 0 Å². The van der Waals surface area contributed by atoms with Gasteiger partial charge in [0.1, 0.15) is 23.2 Å². The summed E-state index contributed by atoms with van der Waals surface area (Å²) in [5.41, 5.74) is 5.23. The minimum atomic E-state index is -2.02. The van der Waals surface area contributed by atoms with E-state index in [4.69, 9.17) is 4.43 Å². The number of halogens is 1. The normalized spacial score (nSPS) is 12.4. The smallest absolute Gasteiger partial charge is 0.240 e. The molecule has 0 amide bonds. The van der Waals surface area contributed by atoms with Gasteiger partial charge in [-0.3, -0.25) is 0 Å². The minimum Gasteiger partial charge on any atom is -1.00 e. The average molecular weight is 730 g/mol. The molecule has 0 saturated heterocycles. The van der Waals surface area contributed by atoms with E-state index >= 15 is 0 Å². The third-order valence-corrected chi connectivity index (χ3v) is 16.1. The van der Waals surface area contributed by atoms with E-state index in [0.29, 0.717) is 0 Å². The molecule has 0 aliphatic heterocycles. The van der Waals surface area contributed by atoms with Crippen LogP contribution in [0.25, 0.3) is 0 Å². The van der Waals surface area contributed by atoms with Crippen LogP contribution in [0.2, 0.25) is 0 Å². The lowest BCUT2D eigenvalue weighted by molar-refractivity contribution is -0.0000101. The van der Waals surface area contributed by atoms with Crippen LogP contribution in [0.4, 0.5) is 0 Å². The van der Waals surface area contributed by atoms with Crippen LogP contribution in [-0.2, 0) is 10.6 Å². The molecule has 0 aliphatic rings. The highest BCUT2D eigenvalue weighted by atomic mass is 79.9. The Labute approximate surface area is 300 Å².